The van der Waals surface area contributed by atoms with Crippen LogP contribution in [0.4, 0.5) is 0 Å². The van der Waals surface area contributed by atoms with Crippen molar-refractivity contribution in [2.24, 2.45) is 0 Å². The highest BCUT2D eigenvalue weighted by molar-refractivity contribution is 6.12. The molecule has 0 aromatic heterocycles. The summed E-state index contributed by atoms with van der Waals surface area (Å²) in [5.41, 5.74) is 2.74. The second kappa shape index (κ2) is 8.89. The maximum absolute atomic E-state index is 12.5. The zero-order valence-electron chi connectivity index (χ0n) is 15.8. The molecular weight excluding hydrogens is 360 g/mol. The topological polar surface area (TPSA) is 35.5 Å². The molecule has 0 amide bonds. The number of hydrogen-bond acceptors (Lipinski definition) is 3. The molecule has 0 spiro atoms. The number of benzene rings is 3. The summed E-state index contributed by atoms with van der Waals surface area (Å²) < 4.78 is 11.5. The van der Waals surface area contributed by atoms with Gasteiger partial charge < -0.3 is 9.47 Å². The molecule has 4 rings (SSSR count). The number of allylic oxidation sites excluding steroid dienone is 3. The van der Waals surface area contributed by atoms with Crippen molar-refractivity contribution in [2.75, 3.05) is 6.61 Å². The quantitative estimate of drug-likeness (QED) is 0.496. The minimum Gasteiger partial charge on any atom is -0.489 e. The second-order valence-electron chi connectivity index (χ2n) is 6.51. The van der Waals surface area contributed by atoms with Gasteiger partial charge in [0.15, 0.2) is 5.76 Å². The second-order valence-corrected chi connectivity index (χ2v) is 6.51. The lowest BCUT2D eigenvalue weighted by Crippen LogP contribution is -1.97. The van der Waals surface area contributed by atoms with Gasteiger partial charge in [0.2, 0.25) is 5.78 Å². The predicted molar refractivity (Wildman–Crippen MR) is 116 cm³/mol. The molecule has 3 nitrogen and oxygen atoms in total. The average molecular weight is 380 g/mol. The van der Waals surface area contributed by atoms with Crippen molar-refractivity contribution < 1.29 is 14.3 Å². The molecule has 0 saturated carbocycles. The van der Waals surface area contributed by atoms with Crippen LogP contribution in [0.25, 0.3) is 12.2 Å². The van der Waals surface area contributed by atoms with Gasteiger partial charge in [0.05, 0.1) is 5.56 Å². The van der Waals surface area contributed by atoms with E-state index < -0.39 is 0 Å². The molecule has 0 bridgehead atoms. The summed E-state index contributed by atoms with van der Waals surface area (Å²) in [4.78, 5) is 12.5. The van der Waals surface area contributed by atoms with Gasteiger partial charge in [-0.25, -0.2) is 0 Å². The van der Waals surface area contributed by atoms with E-state index >= 15 is 0 Å². The fraction of sp³-hybridized carbons (Fsp3) is 0.0385. The lowest BCUT2D eigenvalue weighted by Gasteiger charge is -2.04. The molecule has 142 valence electrons. The van der Waals surface area contributed by atoms with Crippen molar-refractivity contribution in [1.82, 2.24) is 0 Å². The van der Waals surface area contributed by atoms with E-state index in [-0.39, 0.29) is 5.78 Å². The molecule has 3 aromatic carbocycles. The Morgan fingerprint density at radius 1 is 0.828 bits per heavy atom. The summed E-state index contributed by atoms with van der Waals surface area (Å²) in [6.07, 6.45) is 9.40. The molecule has 0 N–H and O–H groups in total. The molecule has 0 saturated heterocycles. The lowest BCUT2D eigenvalue weighted by molar-refractivity contribution is 0.101. The van der Waals surface area contributed by atoms with Crippen LogP contribution < -0.4 is 9.47 Å². The van der Waals surface area contributed by atoms with Gasteiger partial charge in [-0.15, -0.1) is 0 Å². The smallest absolute Gasteiger partial charge is 0.231 e. The number of fused-ring (bicyclic) bond motifs is 1. The SMILES string of the molecule is O=C1/C(=C/C=C/c2ccccc2)Oc2cc(OC/C=C/c3ccccc3)ccc21. The van der Waals surface area contributed by atoms with Crippen LogP contribution in [0.3, 0.4) is 0 Å². The third-order valence-electron chi connectivity index (χ3n) is 4.43. The Bertz CT molecular complexity index is 1080. The van der Waals surface area contributed by atoms with Crippen molar-refractivity contribution in [2.45, 2.75) is 0 Å². The van der Waals surface area contributed by atoms with Gasteiger partial charge in [-0.2, -0.15) is 0 Å². The maximum Gasteiger partial charge on any atom is 0.231 e. The Labute approximate surface area is 170 Å². The van der Waals surface area contributed by atoms with Crippen LogP contribution in [-0.4, -0.2) is 12.4 Å². The number of carbonyl (C=O) groups is 1. The van der Waals surface area contributed by atoms with Crippen LogP contribution in [0.5, 0.6) is 11.5 Å². The van der Waals surface area contributed by atoms with Gasteiger partial charge >= 0.3 is 0 Å². The molecule has 0 unspecified atom stereocenters. The summed E-state index contributed by atoms with van der Waals surface area (Å²) in [6, 6.07) is 25.2. The Hall–Kier alpha value is -3.85. The molecule has 3 heteroatoms. The van der Waals surface area contributed by atoms with E-state index in [0.29, 0.717) is 29.4 Å². The molecule has 0 aliphatic carbocycles. The van der Waals surface area contributed by atoms with Gasteiger partial charge in [-0.3, -0.25) is 4.79 Å². The number of ether oxygens (including phenoxy) is 2. The van der Waals surface area contributed by atoms with E-state index in [1.54, 1.807) is 24.3 Å². The Balaban J connectivity index is 1.38. The predicted octanol–water partition coefficient (Wildman–Crippen LogP) is 5.95. The van der Waals surface area contributed by atoms with E-state index in [9.17, 15) is 4.79 Å². The number of rotatable bonds is 6. The molecule has 29 heavy (non-hydrogen) atoms. The average Bonchev–Trinajstić information content (AvgIpc) is 3.08. The molecular formula is C26H20O3. The first kappa shape index (κ1) is 18.5. The number of hydrogen-bond donors (Lipinski definition) is 0. The number of Topliss-reactive ketones (excluding diaryl/α,β-unsaturated/α-hetero) is 1. The Morgan fingerprint density at radius 3 is 2.24 bits per heavy atom. The van der Waals surface area contributed by atoms with Gasteiger partial charge in [-0.1, -0.05) is 78.9 Å². The maximum atomic E-state index is 12.5. The first-order valence-corrected chi connectivity index (χ1v) is 9.44. The molecule has 0 radical (unpaired) electrons. The summed E-state index contributed by atoms with van der Waals surface area (Å²) in [5.74, 6) is 1.38. The summed E-state index contributed by atoms with van der Waals surface area (Å²) >= 11 is 0. The van der Waals surface area contributed by atoms with E-state index in [4.69, 9.17) is 9.47 Å². The van der Waals surface area contributed by atoms with Crippen LogP contribution in [0.1, 0.15) is 21.5 Å². The molecule has 0 fully saturated rings. The first-order valence-electron chi connectivity index (χ1n) is 9.44. The Morgan fingerprint density at radius 2 is 1.52 bits per heavy atom. The van der Waals surface area contributed by atoms with Crippen molar-refractivity contribution in [1.29, 1.82) is 0 Å². The standard InChI is InChI=1S/C26H20O3/c27-26-23-17-16-22(28-18-8-14-21-11-5-2-6-12-21)19-25(23)29-24(26)15-7-13-20-9-3-1-4-10-20/h1-17,19H,18H2/b13-7+,14-8+,24-15-. The van der Waals surface area contributed by atoms with E-state index in [0.717, 1.165) is 11.1 Å². The third kappa shape index (κ3) is 4.71. The van der Waals surface area contributed by atoms with Crippen LogP contribution in [0.15, 0.2) is 103 Å². The first-order chi connectivity index (χ1) is 14.3. The number of carbonyl (C=O) groups excluding carboxylic acids is 1. The molecule has 0 atom stereocenters. The van der Waals surface area contributed by atoms with Gasteiger partial charge in [-0.05, 0) is 35.4 Å². The van der Waals surface area contributed by atoms with Crippen LogP contribution in [0.2, 0.25) is 0 Å². The minimum absolute atomic E-state index is 0.117. The minimum atomic E-state index is -0.117. The largest absolute Gasteiger partial charge is 0.489 e. The van der Waals surface area contributed by atoms with Crippen molar-refractivity contribution in [3.05, 3.63) is 120 Å². The normalized spacial score (nSPS) is 14.5. The monoisotopic (exact) mass is 380 g/mol. The van der Waals surface area contributed by atoms with Gasteiger partial charge in [0, 0.05) is 6.07 Å². The molecule has 1 aliphatic heterocycles. The van der Waals surface area contributed by atoms with Crippen LogP contribution in [-0.2, 0) is 0 Å². The van der Waals surface area contributed by atoms with Gasteiger partial charge in [0.25, 0.3) is 0 Å². The highest BCUT2D eigenvalue weighted by Gasteiger charge is 2.27. The van der Waals surface area contributed by atoms with Crippen molar-refractivity contribution in [3.8, 4) is 11.5 Å². The van der Waals surface area contributed by atoms with E-state index in [1.807, 2.05) is 85.0 Å². The zero-order valence-corrected chi connectivity index (χ0v) is 15.8. The molecule has 1 aliphatic rings. The highest BCUT2D eigenvalue weighted by atomic mass is 16.5. The fourth-order valence-electron chi connectivity index (χ4n) is 2.98. The summed E-state index contributed by atoms with van der Waals surface area (Å²) in [5, 5.41) is 0. The zero-order chi connectivity index (χ0) is 19.9. The van der Waals surface area contributed by atoms with Gasteiger partial charge in [0.1, 0.15) is 18.1 Å². The number of ketones is 1. The van der Waals surface area contributed by atoms with Crippen molar-refractivity contribution in [3.63, 3.8) is 0 Å². The van der Waals surface area contributed by atoms with E-state index in [2.05, 4.69) is 0 Å². The molecule has 1 heterocycles. The highest BCUT2D eigenvalue weighted by Crippen LogP contribution is 2.34. The summed E-state index contributed by atoms with van der Waals surface area (Å²) in [7, 11) is 0. The van der Waals surface area contributed by atoms with Crippen molar-refractivity contribution >= 4 is 17.9 Å². The molecule has 3 aromatic rings. The van der Waals surface area contributed by atoms with E-state index in [1.165, 1.54) is 0 Å². The lowest BCUT2D eigenvalue weighted by atomic mass is 10.1. The van der Waals surface area contributed by atoms with Crippen LogP contribution in [0, 0.1) is 0 Å². The van der Waals surface area contributed by atoms with Crippen LogP contribution >= 0.6 is 0 Å². The third-order valence-corrected chi connectivity index (χ3v) is 4.43. The Kier molecular flexibility index (Phi) is 5.68. The fourth-order valence-corrected chi connectivity index (χ4v) is 2.98. The summed E-state index contributed by atoms with van der Waals surface area (Å²) in [6.45, 7) is 0.435.